The fourth-order valence-electron chi connectivity index (χ4n) is 1.85. The Morgan fingerprint density at radius 1 is 1.21 bits per heavy atom. The Labute approximate surface area is 147 Å². The molecule has 1 unspecified atom stereocenters. The van der Waals surface area contributed by atoms with E-state index in [2.05, 4.69) is 26.6 Å². The average molecular weight is 395 g/mol. The fourth-order valence-corrected chi connectivity index (χ4v) is 2.11. The molecular weight excluding hydrogens is 379 g/mol. The minimum absolute atomic E-state index is 0.189. The van der Waals surface area contributed by atoms with Crippen molar-refractivity contribution in [2.45, 2.75) is 13.0 Å². The Bertz CT molecular complexity index is 722. The van der Waals surface area contributed by atoms with Crippen LogP contribution in [0.2, 0.25) is 0 Å². The Balaban J connectivity index is 1.79. The Kier molecular flexibility index (Phi) is 6.31. The lowest BCUT2D eigenvalue weighted by molar-refractivity contribution is -0.129. The van der Waals surface area contributed by atoms with Crippen LogP contribution in [0.3, 0.4) is 0 Å². The van der Waals surface area contributed by atoms with Gasteiger partial charge in [0.15, 0.2) is 6.10 Å². The summed E-state index contributed by atoms with van der Waals surface area (Å²) in [6.45, 7) is 1.33. The summed E-state index contributed by atoms with van der Waals surface area (Å²) < 4.78 is 19.3. The maximum atomic E-state index is 13.1. The summed E-state index contributed by atoms with van der Waals surface area (Å²) in [5.74, 6) is -1.03. The molecule has 24 heavy (non-hydrogen) atoms. The summed E-state index contributed by atoms with van der Waals surface area (Å²) in [4.78, 5) is 23.7. The van der Waals surface area contributed by atoms with Crippen LogP contribution in [0.5, 0.6) is 5.75 Å². The van der Waals surface area contributed by atoms with E-state index < -0.39 is 17.8 Å². The van der Waals surface area contributed by atoms with Gasteiger partial charge in [0.05, 0.1) is 6.54 Å². The van der Waals surface area contributed by atoms with Gasteiger partial charge in [0.2, 0.25) is 5.91 Å². The van der Waals surface area contributed by atoms with Gasteiger partial charge in [0.1, 0.15) is 11.6 Å². The van der Waals surface area contributed by atoms with Gasteiger partial charge < -0.3 is 15.4 Å². The van der Waals surface area contributed by atoms with Crippen LogP contribution in [0.25, 0.3) is 0 Å². The normalized spacial score (nSPS) is 11.5. The van der Waals surface area contributed by atoms with Crippen molar-refractivity contribution in [1.29, 1.82) is 0 Å². The first kappa shape index (κ1) is 17.9. The van der Waals surface area contributed by atoms with Gasteiger partial charge in [-0.05, 0) is 43.3 Å². The van der Waals surface area contributed by atoms with E-state index in [1.165, 1.54) is 25.1 Å². The van der Waals surface area contributed by atoms with Gasteiger partial charge in [-0.15, -0.1) is 0 Å². The van der Waals surface area contributed by atoms with E-state index in [9.17, 15) is 14.0 Å². The number of carbonyl (C=O) groups is 2. The minimum Gasteiger partial charge on any atom is -0.481 e. The largest absolute Gasteiger partial charge is 0.481 e. The second-order valence-electron chi connectivity index (χ2n) is 4.99. The molecular formula is C17H16BrFN2O3. The van der Waals surface area contributed by atoms with E-state index in [-0.39, 0.29) is 18.2 Å². The third-order valence-corrected chi connectivity index (χ3v) is 3.56. The first-order chi connectivity index (χ1) is 11.4. The smallest absolute Gasteiger partial charge is 0.261 e. The van der Waals surface area contributed by atoms with Crippen molar-refractivity contribution in [2.75, 3.05) is 11.9 Å². The van der Waals surface area contributed by atoms with E-state index in [4.69, 9.17) is 4.74 Å². The molecule has 0 heterocycles. The first-order valence-corrected chi connectivity index (χ1v) is 7.98. The minimum atomic E-state index is -0.854. The second kappa shape index (κ2) is 8.44. The highest BCUT2D eigenvalue weighted by atomic mass is 79.9. The van der Waals surface area contributed by atoms with E-state index >= 15 is 0 Å². The molecule has 0 bridgehead atoms. The number of benzene rings is 2. The predicted octanol–water partition coefficient (Wildman–Crippen LogP) is 3.11. The molecule has 0 aliphatic heterocycles. The molecule has 7 heteroatoms. The molecule has 0 fully saturated rings. The Hall–Kier alpha value is -2.41. The van der Waals surface area contributed by atoms with Crippen molar-refractivity contribution in [1.82, 2.24) is 5.32 Å². The zero-order valence-corrected chi connectivity index (χ0v) is 14.5. The SMILES string of the molecule is CC(Oc1cccc(F)c1)C(=O)NCC(=O)Nc1ccc(Br)cc1. The van der Waals surface area contributed by atoms with Crippen LogP contribution >= 0.6 is 15.9 Å². The topological polar surface area (TPSA) is 67.4 Å². The molecule has 126 valence electrons. The van der Waals surface area contributed by atoms with E-state index in [1.54, 1.807) is 30.3 Å². The number of ether oxygens (including phenoxy) is 1. The number of carbonyl (C=O) groups excluding carboxylic acids is 2. The lowest BCUT2D eigenvalue weighted by Crippen LogP contribution is -2.40. The highest BCUT2D eigenvalue weighted by molar-refractivity contribution is 9.10. The zero-order chi connectivity index (χ0) is 17.5. The number of hydrogen-bond acceptors (Lipinski definition) is 3. The number of hydrogen-bond donors (Lipinski definition) is 2. The molecule has 2 aromatic carbocycles. The summed E-state index contributed by atoms with van der Waals surface area (Å²) in [7, 11) is 0. The quantitative estimate of drug-likeness (QED) is 0.790. The van der Waals surface area contributed by atoms with Crippen molar-refractivity contribution >= 4 is 33.4 Å². The van der Waals surface area contributed by atoms with Crippen LogP contribution in [-0.4, -0.2) is 24.5 Å². The average Bonchev–Trinajstić information content (AvgIpc) is 2.54. The molecule has 0 radical (unpaired) electrons. The van der Waals surface area contributed by atoms with Crippen LogP contribution in [0, 0.1) is 5.82 Å². The van der Waals surface area contributed by atoms with Crippen molar-refractivity contribution < 1.29 is 18.7 Å². The van der Waals surface area contributed by atoms with Gasteiger partial charge >= 0.3 is 0 Å². The molecule has 0 saturated heterocycles. The van der Waals surface area contributed by atoms with Gasteiger partial charge in [-0.2, -0.15) is 0 Å². The van der Waals surface area contributed by atoms with Gasteiger partial charge in [-0.1, -0.05) is 22.0 Å². The lowest BCUT2D eigenvalue weighted by atomic mass is 10.3. The second-order valence-corrected chi connectivity index (χ2v) is 5.91. The summed E-state index contributed by atoms with van der Waals surface area (Å²) in [5.41, 5.74) is 0.626. The molecule has 1 atom stereocenters. The fraction of sp³-hybridized carbons (Fsp3) is 0.176. The molecule has 0 aliphatic carbocycles. The highest BCUT2D eigenvalue weighted by Crippen LogP contribution is 2.14. The third kappa shape index (κ3) is 5.66. The molecule has 2 rings (SSSR count). The van der Waals surface area contributed by atoms with Crippen LogP contribution in [0.1, 0.15) is 6.92 Å². The number of anilines is 1. The van der Waals surface area contributed by atoms with Gasteiger partial charge in [-0.3, -0.25) is 9.59 Å². The number of nitrogens with one attached hydrogen (secondary N) is 2. The van der Waals surface area contributed by atoms with Crippen LogP contribution in [0.4, 0.5) is 10.1 Å². The maximum absolute atomic E-state index is 13.1. The monoisotopic (exact) mass is 394 g/mol. The number of amides is 2. The summed E-state index contributed by atoms with van der Waals surface area (Å²) in [5, 5.41) is 5.13. The van der Waals surface area contributed by atoms with Crippen molar-refractivity contribution in [3.8, 4) is 5.75 Å². The van der Waals surface area contributed by atoms with Crippen molar-refractivity contribution in [3.63, 3.8) is 0 Å². The van der Waals surface area contributed by atoms with Crippen LogP contribution in [-0.2, 0) is 9.59 Å². The van der Waals surface area contributed by atoms with Crippen molar-refractivity contribution in [3.05, 3.63) is 58.8 Å². The van der Waals surface area contributed by atoms with Gasteiger partial charge in [0, 0.05) is 16.2 Å². The van der Waals surface area contributed by atoms with E-state index in [1.807, 2.05) is 0 Å². The molecule has 0 aliphatic rings. The van der Waals surface area contributed by atoms with Crippen molar-refractivity contribution in [2.24, 2.45) is 0 Å². The number of halogens is 2. The number of rotatable bonds is 6. The van der Waals surface area contributed by atoms with Crippen LogP contribution < -0.4 is 15.4 Å². The molecule has 0 saturated carbocycles. The highest BCUT2D eigenvalue weighted by Gasteiger charge is 2.15. The predicted molar refractivity (Wildman–Crippen MR) is 92.3 cm³/mol. The van der Waals surface area contributed by atoms with Crippen LogP contribution in [0.15, 0.2) is 53.0 Å². The summed E-state index contributed by atoms with van der Waals surface area (Å²) in [6, 6.07) is 12.6. The first-order valence-electron chi connectivity index (χ1n) is 7.19. The Morgan fingerprint density at radius 2 is 1.92 bits per heavy atom. The maximum Gasteiger partial charge on any atom is 0.261 e. The molecule has 0 aromatic heterocycles. The summed E-state index contributed by atoms with van der Waals surface area (Å²) in [6.07, 6.45) is -0.854. The standard InChI is InChI=1S/C17H16BrFN2O3/c1-11(24-15-4-2-3-13(19)9-15)17(23)20-10-16(22)21-14-7-5-12(18)6-8-14/h2-9,11H,10H2,1H3,(H,20,23)(H,21,22). The molecule has 2 N–H and O–H groups in total. The van der Waals surface area contributed by atoms with Gasteiger partial charge in [0.25, 0.3) is 5.91 Å². The molecule has 0 spiro atoms. The Morgan fingerprint density at radius 3 is 2.58 bits per heavy atom. The summed E-state index contributed by atoms with van der Waals surface area (Å²) >= 11 is 3.30. The van der Waals surface area contributed by atoms with E-state index in [0.29, 0.717) is 5.69 Å². The van der Waals surface area contributed by atoms with Gasteiger partial charge in [-0.25, -0.2) is 4.39 Å². The third-order valence-electron chi connectivity index (χ3n) is 3.03. The van der Waals surface area contributed by atoms with E-state index in [0.717, 1.165) is 4.47 Å². The lowest BCUT2D eigenvalue weighted by Gasteiger charge is -2.14. The zero-order valence-electron chi connectivity index (χ0n) is 12.9. The molecule has 2 aromatic rings. The molecule has 5 nitrogen and oxygen atoms in total. The molecule has 2 amide bonds.